The first kappa shape index (κ1) is 26.7. The van der Waals surface area contributed by atoms with Gasteiger partial charge in [0.15, 0.2) is 0 Å². The summed E-state index contributed by atoms with van der Waals surface area (Å²) in [6.45, 7) is 4.40. The molecule has 0 heterocycles. The number of alkyl halides is 1. The Labute approximate surface area is 261 Å². The molecule has 0 bridgehead atoms. The average Bonchev–Trinajstić information content (AvgIpc) is 3.04. The van der Waals surface area contributed by atoms with Crippen LogP contribution in [0.4, 0.5) is 0 Å². The molecule has 7 aromatic carbocycles. The van der Waals surface area contributed by atoms with E-state index in [1.54, 1.807) is 0 Å². The Morgan fingerprint density at radius 3 is 2.00 bits per heavy atom. The zero-order valence-electron chi connectivity index (χ0n) is 23.8. The summed E-state index contributed by atoms with van der Waals surface area (Å²) in [5.41, 5.74) is 6.31. The van der Waals surface area contributed by atoms with Gasteiger partial charge in [0.2, 0.25) is 0 Å². The maximum atomic E-state index is 2.58. The predicted octanol–water partition coefficient (Wildman–Crippen LogP) is 12.3. The maximum Gasteiger partial charge on any atom is 0.0624 e. The molecule has 7 aromatic rings. The second-order valence-corrected chi connectivity index (χ2v) is 13.4. The number of hydrogen-bond donors (Lipinski definition) is 0. The highest BCUT2D eigenvalue weighted by atomic mass is 127. The molecule has 0 radical (unpaired) electrons. The van der Waals surface area contributed by atoms with E-state index in [1.807, 2.05) is 0 Å². The van der Waals surface area contributed by atoms with Gasteiger partial charge in [-0.15, -0.1) is 0 Å². The normalized spacial score (nSPS) is 13.8. The van der Waals surface area contributed by atoms with Crippen LogP contribution < -0.4 is 0 Å². The zero-order valence-corrected chi connectivity index (χ0v) is 26.0. The molecular weight excluding hydrogens is 619 g/mol. The van der Waals surface area contributed by atoms with E-state index in [9.17, 15) is 0 Å². The van der Waals surface area contributed by atoms with Gasteiger partial charge in [-0.3, -0.25) is 0 Å². The smallest absolute Gasteiger partial charge is 0.0624 e. The van der Waals surface area contributed by atoms with Gasteiger partial charge in [0, 0.05) is 0 Å². The fourth-order valence-corrected chi connectivity index (χ4v) is 6.60. The predicted molar refractivity (Wildman–Crippen MR) is 193 cm³/mol. The average molecular weight is 651 g/mol. The molecule has 0 saturated heterocycles. The van der Waals surface area contributed by atoms with E-state index >= 15 is 0 Å². The molecule has 0 saturated carbocycles. The molecule has 0 spiro atoms. The molecule has 0 N–H and O–H groups in total. The first-order chi connectivity index (χ1) is 20.5. The molecule has 0 aliphatic rings. The van der Waals surface area contributed by atoms with Crippen LogP contribution in [0.15, 0.2) is 152 Å². The van der Waals surface area contributed by atoms with Crippen LogP contribution in [0.3, 0.4) is 0 Å². The molecule has 0 aliphatic heterocycles. The van der Waals surface area contributed by atoms with E-state index in [0.29, 0.717) is 0 Å². The van der Waals surface area contributed by atoms with Gasteiger partial charge in [-0.05, 0) is 109 Å². The van der Waals surface area contributed by atoms with Crippen LogP contribution in [0.25, 0.3) is 59.8 Å². The third-order valence-electron chi connectivity index (χ3n) is 8.45. The highest BCUT2D eigenvalue weighted by Gasteiger charge is 2.20. The van der Waals surface area contributed by atoms with Crippen molar-refractivity contribution in [1.29, 1.82) is 0 Å². The summed E-state index contributed by atoms with van der Waals surface area (Å²) in [7, 11) is 0. The number of halogens is 1. The maximum absolute atomic E-state index is 2.58. The SMILES string of the molecule is C/C=C(\C=C/C(C)(I)c1ccc2cc(-c3cc4ccccc4c4ccccc34)ccc2c1)c1ccc2ccccc2c1. The van der Waals surface area contributed by atoms with Gasteiger partial charge >= 0.3 is 0 Å². The van der Waals surface area contributed by atoms with Crippen LogP contribution in [0.2, 0.25) is 0 Å². The Hall–Kier alpha value is -4.21. The van der Waals surface area contributed by atoms with Crippen LogP contribution in [0.1, 0.15) is 25.0 Å². The summed E-state index contributed by atoms with van der Waals surface area (Å²) in [6.07, 6.45) is 6.80. The molecule has 202 valence electrons. The fourth-order valence-electron chi connectivity index (χ4n) is 6.08. The number of rotatable bonds is 5. The number of benzene rings is 7. The summed E-state index contributed by atoms with van der Waals surface area (Å²) in [6, 6.07) is 48.9. The van der Waals surface area contributed by atoms with Crippen molar-refractivity contribution >= 4 is 71.3 Å². The Morgan fingerprint density at radius 2 is 1.19 bits per heavy atom. The molecule has 42 heavy (non-hydrogen) atoms. The summed E-state index contributed by atoms with van der Waals surface area (Å²) in [4.78, 5) is 0. The van der Waals surface area contributed by atoms with Crippen LogP contribution in [-0.4, -0.2) is 0 Å². The van der Waals surface area contributed by atoms with Crippen LogP contribution >= 0.6 is 22.6 Å². The van der Waals surface area contributed by atoms with E-state index in [4.69, 9.17) is 0 Å². The van der Waals surface area contributed by atoms with Crippen LogP contribution in [-0.2, 0) is 3.42 Å². The lowest BCUT2D eigenvalue weighted by atomic mass is 9.91. The van der Waals surface area contributed by atoms with E-state index in [-0.39, 0.29) is 3.42 Å². The molecule has 0 amide bonds. The van der Waals surface area contributed by atoms with Crippen molar-refractivity contribution in [2.24, 2.45) is 0 Å². The second kappa shape index (κ2) is 10.9. The van der Waals surface area contributed by atoms with Gasteiger partial charge in [-0.2, -0.15) is 0 Å². The molecule has 0 nitrogen and oxygen atoms in total. The molecule has 0 aliphatic carbocycles. The first-order valence-corrected chi connectivity index (χ1v) is 15.6. The molecule has 7 rings (SSSR count). The summed E-state index contributed by atoms with van der Waals surface area (Å²) >= 11 is 2.58. The van der Waals surface area contributed by atoms with E-state index in [1.165, 1.54) is 70.9 Å². The number of allylic oxidation sites excluding steroid dienone is 4. The number of fused-ring (bicyclic) bond motifs is 5. The van der Waals surface area contributed by atoms with E-state index in [0.717, 1.165) is 0 Å². The standard InChI is InChI=1S/C41H31I/c1-3-28(31-17-16-29-10-4-5-11-30(29)24-31)22-23-41(2,42)36-21-20-32-25-35(19-18-33(32)26-36)40-27-34-12-6-7-13-37(34)38-14-8-9-15-39(38)40/h3-27H,1-2H3/b23-22-,28-3+. The first-order valence-electron chi connectivity index (χ1n) is 14.5. The molecule has 1 atom stereocenters. The summed E-state index contributed by atoms with van der Waals surface area (Å²) in [5.74, 6) is 0. The Balaban J connectivity index is 1.22. The quantitative estimate of drug-likeness (QED) is 0.0753. The van der Waals surface area contributed by atoms with Gasteiger partial charge in [-0.1, -0.05) is 150 Å². The van der Waals surface area contributed by atoms with Gasteiger partial charge in [0.25, 0.3) is 0 Å². The highest BCUT2D eigenvalue weighted by molar-refractivity contribution is 14.1. The van der Waals surface area contributed by atoms with Gasteiger partial charge in [-0.25, -0.2) is 0 Å². The van der Waals surface area contributed by atoms with E-state index in [2.05, 4.69) is 188 Å². The molecule has 1 unspecified atom stereocenters. The Kier molecular flexibility index (Phi) is 6.91. The Morgan fingerprint density at radius 1 is 0.571 bits per heavy atom. The van der Waals surface area contributed by atoms with Crippen molar-refractivity contribution in [3.05, 3.63) is 163 Å². The van der Waals surface area contributed by atoms with Gasteiger partial charge in [0.1, 0.15) is 0 Å². The van der Waals surface area contributed by atoms with Crippen LogP contribution in [0, 0.1) is 0 Å². The van der Waals surface area contributed by atoms with Gasteiger partial charge in [0.05, 0.1) is 3.42 Å². The summed E-state index contributed by atoms with van der Waals surface area (Å²) < 4.78 is -0.149. The van der Waals surface area contributed by atoms with Crippen molar-refractivity contribution in [1.82, 2.24) is 0 Å². The third-order valence-corrected chi connectivity index (χ3v) is 9.44. The summed E-state index contributed by atoms with van der Waals surface area (Å²) in [5, 5.41) is 10.2. The Bertz CT molecular complexity index is 2180. The molecule has 0 aromatic heterocycles. The lowest BCUT2D eigenvalue weighted by molar-refractivity contribution is 0.930. The minimum absolute atomic E-state index is 0.149. The topological polar surface area (TPSA) is 0 Å². The number of hydrogen-bond acceptors (Lipinski definition) is 0. The van der Waals surface area contributed by atoms with Crippen molar-refractivity contribution < 1.29 is 0 Å². The van der Waals surface area contributed by atoms with Gasteiger partial charge < -0.3 is 0 Å². The van der Waals surface area contributed by atoms with Crippen molar-refractivity contribution in [3.63, 3.8) is 0 Å². The minimum atomic E-state index is -0.149. The minimum Gasteiger partial charge on any atom is -0.0798 e. The lowest BCUT2D eigenvalue weighted by Gasteiger charge is -2.20. The zero-order chi connectivity index (χ0) is 28.7. The molecule has 1 heteroatoms. The van der Waals surface area contributed by atoms with Crippen LogP contribution in [0.5, 0.6) is 0 Å². The van der Waals surface area contributed by atoms with E-state index < -0.39 is 0 Å². The third kappa shape index (κ3) is 4.92. The molecular formula is C41H31I. The van der Waals surface area contributed by atoms with Crippen molar-refractivity contribution in [3.8, 4) is 11.1 Å². The largest absolute Gasteiger partial charge is 0.0798 e. The van der Waals surface area contributed by atoms with Crippen molar-refractivity contribution in [2.45, 2.75) is 17.3 Å². The van der Waals surface area contributed by atoms with Crippen molar-refractivity contribution in [2.75, 3.05) is 0 Å². The molecule has 0 fully saturated rings. The highest BCUT2D eigenvalue weighted by Crippen LogP contribution is 2.39. The fraction of sp³-hybridized carbons (Fsp3) is 0.0732. The monoisotopic (exact) mass is 650 g/mol. The second-order valence-electron chi connectivity index (χ2n) is 11.2. The lowest BCUT2D eigenvalue weighted by Crippen LogP contribution is -2.08.